The van der Waals surface area contributed by atoms with Crippen molar-refractivity contribution < 1.29 is 34.1 Å². The van der Waals surface area contributed by atoms with Gasteiger partial charge < -0.3 is 30.3 Å². The van der Waals surface area contributed by atoms with E-state index in [1.165, 1.54) is 5.56 Å². The van der Waals surface area contributed by atoms with Crippen molar-refractivity contribution in [3.05, 3.63) is 36.0 Å². The molecule has 1 aromatic heterocycles. The van der Waals surface area contributed by atoms with E-state index in [1.54, 1.807) is 17.9 Å². The first kappa shape index (κ1) is 25.5. The number of ether oxygens (including phenoxy) is 2. The van der Waals surface area contributed by atoms with Crippen molar-refractivity contribution >= 4 is 24.7 Å². The number of aromatic nitrogens is 2. The molecule has 0 atom stereocenters. The maximum Gasteiger partial charge on any atom is 0.290 e. The van der Waals surface area contributed by atoms with E-state index in [4.69, 9.17) is 29.3 Å². The molecule has 0 aliphatic carbocycles. The summed E-state index contributed by atoms with van der Waals surface area (Å²) in [5.41, 5.74) is 0.569. The minimum absolute atomic E-state index is 0.0198. The normalized spacial score (nSPS) is 15.7. The van der Waals surface area contributed by atoms with Crippen LogP contribution in [0.5, 0.6) is 11.5 Å². The number of carboxylic acid groups (broad SMARTS) is 2. The molecule has 33 heavy (non-hydrogen) atoms. The number of likely N-dealkylation sites (tertiary alicyclic amines) is 1. The van der Waals surface area contributed by atoms with E-state index in [0.717, 1.165) is 49.8 Å². The zero-order valence-electron chi connectivity index (χ0n) is 18.6. The van der Waals surface area contributed by atoms with Crippen molar-refractivity contribution in [2.24, 2.45) is 7.05 Å². The number of carbonyl (C=O) groups excluding carboxylic acids is 1. The fourth-order valence-electron chi connectivity index (χ4n) is 3.78. The first-order chi connectivity index (χ1) is 15.9. The molecule has 12 nitrogen and oxygen atoms in total. The molecule has 0 spiro atoms. The van der Waals surface area contributed by atoms with Crippen LogP contribution in [0.15, 0.2) is 30.5 Å². The number of carbonyl (C=O) groups is 3. The van der Waals surface area contributed by atoms with Gasteiger partial charge in [-0.1, -0.05) is 6.07 Å². The number of nitrogens with zero attached hydrogens (tertiary/aromatic N) is 3. The van der Waals surface area contributed by atoms with Gasteiger partial charge in [-0.25, -0.2) is 0 Å². The second kappa shape index (κ2) is 12.3. The lowest BCUT2D eigenvalue weighted by atomic mass is 9.86. The zero-order valence-corrected chi connectivity index (χ0v) is 18.6. The van der Waals surface area contributed by atoms with E-state index in [9.17, 15) is 4.79 Å². The summed E-state index contributed by atoms with van der Waals surface area (Å²) in [6, 6.07) is 7.96. The molecular formula is C21H29N5O7. The summed E-state index contributed by atoms with van der Waals surface area (Å²) in [5, 5.41) is 24.2. The smallest absolute Gasteiger partial charge is 0.290 e. The number of piperidine rings is 1. The van der Waals surface area contributed by atoms with Crippen LogP contribution < -0.4 is 20.1 Å². The highest BCUT2D eigenvalue weighted by atomic mass is 16.7. The summed E-state index contributed by atoms with van der Waals surface area (Å²) >= 11 is 0. The first-order valence-corrected chi connectivity index (χ1v) is 10.2. The highest BCUT2D eigenvalue weighted by Crippen LogP contribution is 2.34. The maximum atomic E-state index is 12.7. The van der Waals surface area contributed by atoms with E-state index in [1.807, 2.05) is 25.2 Å². The number of likely N-dealkylation sites (N-methyl/N-ethyl adjacent to an activating group) is 1. The quantitative estimate of drug-likeness (QED) is 0.467. The first-order valence-electron chi connectivity index (χ1n) is 10.2. The third kappa shape index (κ3) is 6.59. The topological polar surface area (TPSA) is 155 Å². The molecule has 2 aliphatic rings. The van der Waals surface area contributed by atoms with E-state index >= 15 is 0 Å². The molecule has 0 unspecified atom stereocenters. The average Bonchev–Trinajstić information content (AvgIpc) is 3.44. The number of anilines is 1. The molecule has 180 valence electrons. The minimum Gasteiger partial charge on any atom is -0.483 e. The molecule has 1 amide bonds. The molecule has 4 rings (SSSR count). The average molecular weight is 463 g/mol. The van der Waals surface area contributed by atoms with Crippen LogP contribution in [-0.4, -0.2) is 76.2 Å². The molecular weight excluding hydrogens is 434 g/mol. The van der Waals surface area contributed by atoms with Crippen molar-refractivity contribution in [3.63, 3.8) is 0 Å². The lowest BCUT2D eigenvalue weighted by Gasteiger charge is -2.41. The van der Waals surface area contributed by atoms with Crippen LogP contribution in [0.1, 0.15) is 18.4 Å². The summed E-state index contributed by atoms with van der Waals surface area (Å²) in [5.74, 6) is 2.48. The Morgan fingerprint density at radius 2 is 1.79 bits per heavy atom. The summed E-state index contributed by atoms with van der Waals surface area (Å²) < 4.78 is 12.6. The predicted molar refractivity (Wildman–Crippen MR) is 118 cm³/mol. The van der Waals surface area contributed by atoms with Crippen LogP contribution in [0.25, 0.3) is 0 Å². The number of benzene rings is 1. The Morgan fingerprint density at radius 1 is 1.15 bits per heavy atom. The van der Waals surface area contributed by atoms with Gasteiger partial charge in [-0.2, -0.15) is 5.10 Å². The molecule has 2 aliphatic heterocycles. The van der Waals surface area contributed by atoms with Crippen molar-refractivity contribution in [2.45, 2.75) is 24.9 Å². The number of nitrogens with one attached hydrogen (secondary N) is 2. The lowest BCUT2D eigenvalue weighted by Crippen LogP contribution is -2.57. The molecule has 1 fully saturated rings. The number of aryl methyl sites for hydroxylation is 1. The van der Waals surface area contributed by atoms with E-state index < -0.39 is 5.54 Å². The fourth-order valence-corrected chi connectivity index (χ4v) is 3.78. The third-order valence-corrected chi connectivity index (χ3v) is 5.40. The van der Waals surface area contributed by atoms with Gasteiger partial charge in [0.1, 0.15) is 11.4 Å². The number of rotatable bonds is 5. The Hall–Kier alpha value is -3.80. The monoisotopic (exact) mass is 463 g/mol. The highest BCUT2D eigenvalue weighted by Gasteiger charge is 2.41. The third-order valence-electron chi connectivity index (χ3n) is 5.40. The molecule has 3 heterocycles. The summed E-state index contributed by atoms with van der Waals surface area (Å²) in [7, 11) is 3.56. The zero-order chi connectivity index (χ0) is 24.3. The van der Waals surface area contributed by atoms with E-state index in [-0.39, 0.29) is 25.6 Å². The Balaban J connectivity index is 0.000000582. The van der Waals surface area contributed by atoms with Crippen LogP contribution in [0.4, 0.5) is 5.82 Å². The molecule has 0 bridgehead atoms. The largest absolute Gasteiger partial charge is 0.483 e. The minimum atomic E-state index is -0.617. The second-order valence-electron chi connectivity index (χ2n) is 7.30. The Morgan fingerprint density at radius 3 is 2.36 bits per heavy atom. The molecule has 12 heteroatoms. The second-order valence-corrected chi connectivity index (χ2v) is 7.30. The van der Waals surface area contributed by atoms with Gasteiger partial charge in [0, 0.05) is 39.8 Å². The Kier molecular flexibility index (Phi) is 9.48. The summed E-state index contributed by atoms with van der Waals surface area (Å²) in [6.07, 6.45) is 3.18. The van der Waals surface area contributed by atoms with Gasteiger partial charge in [-0.3, -0.25) is 24.0 Å². The van der Waals surface area contributed by atoms with Gasteiger partial charge in [0.05, 0.1) is 6.20 Å². The Labute approximate surface area is 191 Å². The van der Waals surface area contributed by atoms with Crippen LogP contribution >= 0.6 is 0 Å². The summed E-state index contributed by atoms with van der Waals surface area (Å²) in [6.45, 7) is 2.27. The van der Waals surface area contributed by atoms with E-state index in [0.29, 0.717) is 0 Å². The number of hydrogen-bond acceptors (Lipinski definition) is 8. The fraction of sp³-hybridized carbons (Fsp3) is 0.429. The molecule has 1 aromatic carbocycles. The SMILES string of the molecule is CNC(=O)C1(Nc2ccnn2C)CCN(Cc2ccc3c(c2)OCO3)CC1.O=CO.O=CO. The van der Waals surface area contributed by atoms with Crippen molar-refractivity contribution in [3.8, 4) is 11.5 Å². The Bertz CT molecular complexity index is 919. The van der Waals surface area contributed by atoms with Gasteiger partial charge >= 0.3 is 0 Å². The van der Waals surface area contributed by atoms with Gasteiger partial charge in [0.2, 0.25) is 12.7 Å². The van der Waals surface area contributed by atoms with Gasteiger partial charge in [0.15, 0.2) is 11.5 Å². The van der Waals surface area contributed by atoms with Crippen molar-refractivity contribution in [2.75, 3.05) is 32.2 Å². The standard InChI is InChI=1S/C19H25N5O3.2CH2O2/c1-20-18(25)19(22-17-5-8-21-23(17)2)6-9-24(10-7-19)12-14-3-4-15-16(11-14)27-13-26-15;2*2-1-3/h3-5,8,11,22H,6-7,9-10,12-13H2,1-2H3,(H,20,25);2*1H,(H,2,3). The van der Waals surface area contributed by atoms with Crippen molar-refractivity contribution in [1.82, 2.24) is 20.0 Å². The molecule has 0 saturated carbocycles. The molecule has 2 aromatic rings. The van der Waals surface area contributed by atoms with Crippen molar-refractivity contribution in [1.29, 1.82) is 0 Å². The van der Waals surface area contributed by atoms with Crippen LogP contribution in [0, 0.1) is 0 Å². The van der Waals surface area contributed by atoms with Gasteiger partial charge in [0.25, 0.3) is 12.9 Å². The van der Waals surface area contributed by atoms with Crippen LogP contribution in [-0.2, 0) is 28.0 Å². The molecule has 1 saturated heterocycles. The molecule has 0 radical (unpaired) electrons. The number of amides is 1. The van der Waals surface area contributed by atoms with E-state index in [2.05, 4.69) is 26.7 Å². The maximum absolute atomic E-state index is 12.7. The molecule has 4 N–H and O–H groups in total. The van der Waals surface area contributed by atoms with Gasteiger partial charge in [-0.05, 0) is 30.5 Å². The van der Waals surface area contributed by atoms with Gasteiger partial charge in [-0.15, -0.1) is 0 Å². The highest BCUT2D eigenvalue weighted by molar-refractivity contribution is 5.89. The van der Waals surface area contributed by atoms with Crippen LogP contribution in [0.3, 0.4) is 0 Å². The van der Waals surface area contributed by atoms with Crippen LogP contribution in [0.2, 0.25) is 0 Å². The number of hydrogen-bond donors (Lipinski definition) is 4. The number of fused-ring (bicyclic) bond motifs is 1. The predicted octanol–water partition coefficient (Wildman–Crippen LogP) is 0.743. The summed E-state index contributed by atoms with van der Waals surface area (Å²) in [4.78, 5) is 31.8. The lowest BCUT2D eigenvalue weighted by molar-refractivity contribution is -0.126.